The molecule has 0 aromatic carbocycles. The molecule has 1 saturated heterocycles. The molecule has 0 radical (unpaired) electrons. The van der Waals surface area contributed by atoms with Crippen LogP contribution in [0, 0.1) is 5.92 Å². The van der Waals surface area contributed by atoms with Crippen molar-refractivity contribution in [1.29, 1.82) is 0 Å². The van der Waals surface area contributed by atoms with Crippen molar-refractivity contribution in [3.63, 3.8) is 0 Å². The highest BCUT2D eigenvalue weighted by Crippen LogP contribution is 2.38. The Labute approximate surface area is 105 Å². The minimum Gasteiger partial charge on any atom is -0.323 e. The van der Waals surface area contributed by atoms with Gasteiger partial charge in [0, 0.05) is 6.04 Å². The van der Waals surface area contributed by atoms with Crippen LogP contribution in [0.1, 0.15) is 59.8 Å². The van der Waals surface area contributed by atoms with Gasteiger partial charge in [-0.1, -0.05) is 33.6 Å². The van der Waals surface area contributed by atoms with Gasteiger partial charge in [-0.3, -0.25) is 10.1 Å². The Kier molecular flexibility index (Phi) is 3.48. The Bertz CT molecular complexity index is 295. The topological polar surface area (TPSA) is 32.3 Å². The van der Waals surface area contributed by atoms with Crippen LogP contribution in [0.4, 0.5) is 0 Å². The number of carbonyl (C=O) groups excluding carboxylic acids is 1. The second kappa shape index (κ2) is 4.60. The van der Waals surface area contributed by atoms with E-state index in [4.69, 9.17) is 0 Å². The highest BCUT2D eigenvalue weighted by Gasteiger charge is 2.53. The third-order valence-corrected chi connectivity index (χ3v) is 4.52. The molecule has 2 aliphatic rings. The molecule has 1 saturated carbocycles. The van der Waals surface area contributed by atoms with Crippen molar-refractivity contribution in [2.45, 2.75) is 77.5 Å². The van der Waals surface area contributed by atoms with Crippen LogP contribution < -0.4 is 5.32 Å². The highest BCUT2D eigenvalue weighted by atomic mass is 16.2. The van der Waals surface area contributed by atoms with E-state index in [0.717, 1.165) is 19.3 Å². The van der Waals surface area contributed by atoms with Crippen molar-refractivity contribution in [3.8, 4) is 0 Å². The van der Waals surface area contributed by atoms with Crippen LogP contribution in [-0.2, 0) is 4.79 Å². The van der Waals surface area contributed by atoms with Crippen molar-refractivity contribution in [3.05, 3.63) is 0 Å². The minimum atomic E-state index is -0.210. The quantitative estimate of drug-likeness (QED) is 0.819. The Hall–Kier alpha value is -0.570. The SMILES string of the molecule is CCC(C)N1C(=O)C2(CCCC2)NC1C(C)C. The van der Waals surface area contributed by atoms with E-state index in [-0.39, 0.29) is 11.7 Å². The fourth-order valence-corrected chi connectivity index (χ4v) is 3.28. The summed E-state index contributed by atoms with van der Waals surface area (Å²) < 4.78 is 0. The number of nitrogens with zero attached hydrogens (tertiary/aromatic N) is 1. The number of rotatable bonds is 3. The molecule has 1 aliphatic heterocycles. The van der Waals surface area contributed by atoms with Crippen LogP contribution in [0.2, 0.25) is 0 Å². The zero-order chi connectivity index (χ0) is 12.6. The molecular formula is C14H26N2O. The van der Waals surface area contributed by atoms with Crippen molar-refractivity contribution >= 4 is 5.91 Å². The predicted octanol–water partition coefficient (Wildman–Crippen LogP) is 2.51. The molecule has 2 unspecified atom stereocenters. The molecule has 0 bridgehead atoms. The predicted molar refractivity (Wildman–Crippen MR) is 69.6 cm³/mol. The van der Waals surface area contributed by atoms with E-state index >= 15 is 0 Å². The molecule has 2 fully saturated rings. The van der Waals surface area contributed by atoms with E-state index in [0.29, 0.717) is 17.9 Å². The Morgan fingerprint density at radius 1 is 1.35 bits per heavy atom. The average Bonchev–Trinajstić information content (AvgIpc) is 2.87. The lowest BCUT2D eigenvalue weighted by Gasteiger charge is -2.32. The second-order valence-corrected chi connectivity index (χ2v) is 6.09. The van der Waals surface area contributed by atoms with Gasteiger partial charge in [-0.05, 0) is 32.1 Å². The summed E-state index contributed by atoms with van der Waals surface area (Å²) in [7, 11) is 0. The second-order valence-electron chi connectivity index (χ2n) is 6.09. The maximum atomic E-state index is 12.7. The van der Waals surface area contributed by atoms with Crippen molar-refractivity contribution in [1.82, 2.24) is 10.2 Å². The molecule has 3 nitrogen and oxygen atoms in total. The standard InChI is InChI=1S/C14H26N2O/c1-5-11(4)16-12(10(2)3)15-14(13(16)17)8-6-7-9-14/h10-12,15H,5-9H2,1-4H3. The van der Waals surface area contributed by atoms with Crippen LogP contribution in [-0.4, -0.2) is 28.6 Å². The number of hydrogen-bond acceptors (Lipinski definition) is 2. The van der Waals surface area contributed by atoms with E-state index in [2.05, 4.69) is 37.9 Å². The van der Waals surface area contributed by atoms with Crippen LogP contribution in [0.25, 0.3) is 0 Å². The van der Waals surface area contributed by atoms with Gasteiger partial charge in [0.05, 0.1) is 11.7 Å². The molecule has 1 spiro atoms. The first-order chi connectivity index (χ1) is 8.02. The van der Waals surface area contributed by atoms with Crippen LogP contribution in [0.5, 0.6) is 0 Å². The summed E-state index contributed by atoms with van der Waals surface area (Å²) in [6.07, 6.45) is 5.71. The van der Waals surface area contributed by atoms with Crippen molar-refractivity contribution in [2.24, 2.45) is 5.92 Å². The fraction of sp³-hybridized carbons (Fsp3) is 0.929. The Morgan fingerprint density at radius 2 is 1.94 bits per heavy atom. The van der Waals surface area contributed by atoms with E-state index in [9.17, 15) is 4.79 Å². The zero-order valence-corrected chi connectivity index (χ0v) is 11.6. The summed E-state index contributed by atoms with van der Waals surface area (Å²) >= 11 is 0. The molecule has 2 atom stereocenters. The van der Waals surface area contributed by atoms with Crippen molar-refractivity contribution in [2.75, 3.05) is 0 Å². The Morgan fingerprint density at radius 3 is 2.41 bits per heavy atom. The molecule has 1 N–H and O–H groups in total. The monoisotopic (exact) mass is 238 g/mol. The lowest BCUT2D eigenvalue weighted by molar-refractivity contribution is -0.135. The molecule has 98 valence electrons. The summed E-state index contributed by atoms with van der Waals surface area (Å²) in [4.78, 5) is 14.8. The Balaban J connectivity index is 2.25. The van der Waals surface area contributed by atoms with Gasteiger partial charge in [0.2, 0.25) is 5.91 Å². The minimum absolute atomic E-state index is 0.210. The maximum absolute atomic E-state index is 12.7. The third-order valence-electron chi connectivity index (χ3n) is 4.52. The van der Waals surface area contributed by atoms with E-state index < -0.39 is 0 Å². The van der Waals surface area contributed by atoms with Gasteiger partial charge in [-0.15, -0.1) is 0 Å². The van der Waals surface area contributed by atoms with E-state index in [1.807, 2.05) is 0 Å². The number of nitrogens with one attached hydrogen (secondary N) is 1. The summed E-state index contributed by atoms with van der Waals surface area (Å²) in [5.41, 5.74) is -0.210. The zero-order valence-electron chi connectivity index (χ0n) is 11.6. The van der Waals surface area contributed by atoms with Gasteiger partial charge >= 0.3 is 0 Å². The van der Waals surface area contributed by atoms with Crippen LogP contribution in [0.15, 0.2) is 0 Å². The number of carbonyl (C=O) groups is 1. The third kappa shape index (κ3) is 1.99. The first-order valence-corrected chi connectivity index (χ1v) is 7.12. The largest absolute Gasteiger partial charge is 0.323 e. The van der Waals surface area contributed by atoms with Crippen LogP contribution >= 0.6 is 0 Å². The van der Waals surface area contributed by atoms with E-state index in [1.165, 1.54) is 12.8 Å². The molecular weight excluding hydrogens is 212 g/mol. The van der Waals surface area contributed by atoms with Gasteiger partial charge in [0.25, 0.3) is 0 Å². The summed E-state index contributed by atoms with van der Waals surface area (Å²) in [5.74, 6) is 0.843. The lowest BCUT2D eigenvalue weighted by atomic mass is 9.97. The summed E-state index contributed by atoms with van der Waals surface area (Å²) in [5, 5.41) is 3.66. The molecule has 1 amide bonds. The molecule has 0 aromatic rings. The molecule has 3 heteroatoms. The first-order valence-electron chi connectivity index (χ1n) is 7.12. The van der Waals surface area contributed by atoms with Gasteiger partial charge in [-0.2, -0.15) is 0 Å². The fourth-order valence-electron chi connectivity index (χ4n) is 3.28. The maximum Gasteiger partial charge on any atom is 0.244 e. The smallest absolute Gasteiger partial charge is 0.244 e. The van der Waals surface area contributed by atoms with E-state index in [1.54, 1.807) is 0 Å². The summed E-state index contributed by atoms with van der Waals surface area (Å²) in [6.45, 7) is 8.74. The van der Waals surface area contributed by atoms with Crippen molar-refractivity contribution < 1.29 is 4.79 Å². The van der Waals surface area contributed by atoms with Gasteiger partial charge in [0.1, 0.15) is 0 Å². The molecule has 17 heavy (non-hydrogen) atoms. The summed E-state index contributed by atoms with van der Waals surface area (Å²) in [6, 6.07) is 0.349. The highest BCUT2D eigenvalue weighted by molar-refractivity contribution is 5.89. The van der Waals surface area contributed by atoms with Gasteiger partial charge in [0.15, 0.2) is 0 Å². The first kappa shape index (κ1) is 12.9. The molecule has 2 rings (SSSR count). The normalized spacial score (nSPS) is 29.6. The molecule has 1 heterocycles. The molecule has 1 aliphatic carbocycles. The lowest BCUT2D eigenvalue weighted by Crippen LogP contribution is -2.46. The van der Waals surface area contributed by atoms with Gasteiger partial charge in [-0.25, -0.2) is 0 Å². The number of hydrogen-bond donors (Lipinski definition) is 1. The number of amides is 1. The average molecular weight is 238 g/mol. The molecule has 0 aromatic heterocycles. The van der Waals surface area contributed by atoms with Gasteiger partial charge < -0.3 is 4.90 Å². The van der Waals surface area contributed by atoms with Crippen LogP contribution in [0.3, 0.4) is 0 Å².